The Morgan fingerprint density at radius 2 is 1.72 bits per heavy atom. The second-order valence-electron chi connectivity index (χ2n) is 6.34. The zero-order chi connectivity index (χ0) is 21.6. The molecule has 7 nitrogen and oxygen atoms in total. The predicted molar refractivity (Wildman–Crippen MR) is 85.8 cm³/mol. The van der Waals surface area contributed by atoms with Crippen molar-refractivity contribution in [2.75, 3.05) is 5.32 Å². The fraction of sp³-hybridized carbons (Fsp3) is 0.333. The van der Waals surface area contributed by atoms with Gasteiger partial charge in [0.2, 0.25) is 21.9 Å². The van der Waals surface area contributed by atoms with E-state index in [0.29, 0.717) is 18.3 Å². The number of nitrogens with zero attached hydrogens (tertiary/aromatic N) is 1. The van der Waals surface area contributed by atoms with Gasteiger partial charge >= 0.3 is 6.18 Å². The Kier molecular flexibility index (Phi) is 5.11. The first kappa shape index (κ1) is 21.1. The van der Waals surface area contributed by atoms with E-state index >= 15 is 0 Å². The molecule has 1 amide bonds. The Balaban J connectivity index is 1.85. The van der Waals surface area contributed by atoms with Gasteiger partial charge in [-0.1, -0.05) is 0 Å². The normalized spacial score (nSPS) is 16.3. The van der Waals surface area contributed by atoms with Gasteiger partial charge in [-0.25, -0.2) is 12.8 Å². The summed E-state index contributed by atoms with van der Waals surface area (Å²) in [7, 11) is -4.98. The third-order valence-corrected chi connectivity index (χ3v) is 5.94. The van der Waals surface area contributed by atoms with Crippen LogP contribution < -0.4 is 10.0 Å². The van der Waals surface area contributed by atoms with E-state index in [1.165, 1.54) is 4.72 Å². The van der Waals surface area contributed by atoms with Crippen LogP contribution in [0.25, 0.3) is 0 Å². The quantitative estimate of drug-likeness (QED) is 0.489. The van der Waals surface area contributed by atoms with Gasteiger partial charge in [0, 0.05) is 18.3 Å². The van der Waals surface area contributed by atoms with E-state index in [1.54, 1.807) is 0 Å². The van der Waals surface area contributed by atoms with Crippen LogP contribution in [-0.2, 0) is 10.0 Å². The molecule has 1 saturated carbocycles. The lowest BCUT2D eigenvalue weighted by molar-refractivity contribution is -0.212. The standard InChI is InChI=1S/C15H12F6N4O3S/c16-9-4-7(5-10(17)24-9)23-13(26)12-11(18)8(6-22-12)29(27,28)25-14(2-1-3-14)15(19,20)21/h4-6,22,25H,1-3H2,(H,23,24,26). The highest BCUT2D eigenvalue weighted by atomic mass is 32.2. The summed E-state index contributed by atoms with van der Waals surface area (Å²) in [6.07, 6.45) is -5.27. The number of nitrogens with one attached hydrogen (secondary N) is 3. The van der Waals surface area contributed by atoms with Crippen molar-refractivity contribution in [2.45, 2.75) is 35.9 Å². The molecule has 2 aromatic heterocycles. The first-order valence-electron chi connectivity index (χ1n) is 7.97. The topological polar surface area (TPSA) is 104 Å². The molecular formula is C15H12F6N4O3S. The summed E-state index contributed by atoms with van der Waals surface area (Å²) in [5, 5.41) is 1.91. The van der Waals surface area contributed by atoms with Gasteiger partial charge in [0.05, 0.1) is 5.69 Å². The number of halogens is 6. The van der Waals surface area contributed by atoms with E-state index in [0.717, 1.165) is 0 Å². The Labute approximate surface area is 159 Å². The van der Waals surface area contributed by atoms with Crippen molar-refractivity contribution in [3.8, 4) is 0 Å². The summed E-state index contributed by atoms with van der Waals surface area (Å²) in [5.74, 6) is -5.53. The van der Waals surface area contributed by atoms with Gasteiger partial charge in [0.25, 0.3) is 5.91 Å². The molecule has 14 heteroatoms. The molecule has 0 spiro atoms. The summed E-state index contributed by atoms with van der Waals surface area (Å²) in [6, 6.07) is 1.23. The number of hydrogen-bond acceptors (Lipinski definition) is 4. The average molecular weight is 442 g/mol. The predicted octanol–water partition coefficient (Wildman–Crippen LogP) is 2.84. The number of amides is 1. The van der Waals surface area contributed by atoms with E-state index < -0.39 is 74.5 Å². The number of rotatable bonds is 5. The molecule has 2 heterocycles. The summed E-state index contributed by atoms with van der Waals surface area (Å²) in [6.45, 7) is 0. The summed E-state index contributed by atoms with van der Waals surface area (Å²) < 4.78 is 106. The molecule has 0 aliphatic heterocycles. The largest absolute Gasteiger partial charge is 0.407 e. The van der Waals surface area contributed by atoms with Crippen molar-refractivity contribution < 1.29 is 39.6 Å². The van der Waals surface area contributed by atoms with Gasteiger partial charge < -0.3 is 10.3 Å². The van der Waals surface area contributed by atoms with Crippen LogP contribution in [0.4, 0.5) is 32.0 Å². The number of pyridine rings is 1. The first-order chi connectivity index (χ1) is 13.3. The van der Waals surface area contributed by atoms with Crippen molar-refractivity contribution in [3.05, 3.63) is 41.7 Å². The van der Waals surface area contributed by atoms with Gasteiger partial charge in [-0.3, -0.25) is 4.79 Å². The summed E-state index contributed by atoms with van der Waals surface area (Å²) in [4.78, 5) is 15.7. The van der Waals surface area contributed by atoms with Crippen LogP contribution >= 0.6 is 0 Å². The average Bonchev–Trinajstić information content (AvgIpc) is 2.91. The Morgan fingerprint density at radius 1 is 1.14 bits per heavy atom. The molecular weight excluding hydrogens is 430 g/mol. The van der Waals surface area contributed by atoms with Crippen LogP contribution in [0.3, 0.4) is 0 Å². The van der Waals surface area contributed by atoms with E-state index in [2.05, 4.69) is 4.98 Å². The summed E-state index contributed by atoms with van der Waals surface area (Å²) in [5.41, 5.74) is -4.11. The Morgan fingerprint density at radius 3 is 2.21 bits per heavy atom. The number of H-pyrrole nitrogens is 1. The lowest BCUT2D eigenvalue weighted by atomic mass is 9.77. The second kappa shape index (κ2) is 7.02. The highest BCUT2D eigenvalue weighted by molar-refractivity contribution is 7.89. The lowest BCUT2D eigenvalue weighted by Crippen LogP contribution is -2.62. The smallest absolute Gasteiger partial charge is 0.353 e. The highest BCUT2D eigenvalue weighted by Gasteiger charge is 2.60. The van der Waals surface area contributed by atoms with Gasteiger partial charge in [-0.2, -0.15) is 31.7 Å². The number of hydrogen-bond donors (Lipinski definition) is 3. The molecule has 0 unspecified atom stereocenters. The van der Waals surface area contributed by atoms with Crippen LogP contribution in [0.2, 0.25) is 0 Å². The lowest BCUT2D eigenvalue weighted by Gasteiger charge is -2.43. The van der Waals surface area contributed by atoms with E-state index in [4.69, 9.17) is 0 Å². The van der Waals surface area contributed by atoms with Crippen LogP contribution in [0.1, 0.15) is 29.8 Å². The number of alkyl halides is 3. The number of carbonyl (C=O) groups is 1. The van der Waals surface area contributed by atoms with Gasteiger partial charge in [-0.05, 0) is 19.3 Å². The first-order valence-corrected chi connectivity index (χ1v) is 9.45. The van der Waals surface area contributed by atoms with Gasteiger partial charge in [0.1, 0.15) is 16.1 Å². The van der Waals surface area contributed by atoms with Gasteiger partial charge in [-0.15, -0.1) is 0 Å². The zero-order valence-corrected chi connectivity index (χ0v) is 15.0. The Bertz CT molecular complexity index is 1040. The molecule has 1 aliphatic carbocycles. The zero-order valence-electron chi connectivity index (χ0n) is 14.2. The molecule has 3 rings (SSSR count). The van der Waals surface area contributed by atoms with Crippen LogP contribution in [-0.4, -0.2) is 36.0 Å². The van der Waals surface area contributed by atoms with E-state index in [-0.39, 0.29) is 6.42 Å². The second-order valence-corrected chi connectivity index (χ2v) is 7.99. The molecule has 0 bridgehead atoms. The maximum atomic E-state index is 14.5. The van der Waals surface area contributed by atoms with Crippen molar-refractivity contribution in [2.24, 2.45) is 0 Å². The third-order valence-electron chi connectivity index (χ3n) is 4.40. The summed E-state index contributed by atoms with van der Waals surface area (Å²) >= 11 is 0. The molecule has 3 N–H and O–H groups in total. The molecule has 0 saturated heterocycles. The minimum atomic E-state index is -4.98. The minimum absolute atomic E-state index is 0.129. The van der Waals surface area contributed by atoms with Crippen molar-refractivity contribution in [3.63, 3.8) is 0 Å². The van der Waals surface area contributed by atoms with E-state index in [9.17, 15) is 39.6 Å². The van der Waals surface area contributed by atoms with Crippen molar-refractivity contribution >= 4 is 21.6 Å². The van der Waals surface area contributed by atoms with Crippen LogP contribution in [0.5, 0.6) is 0 Å². The number of carbonyl (C=O) groups excluding carboxylic acids is 1. The van der Waals surface area contributed by atoms with E-state index in [1.807, 2.05) is 10.3 Å². The van der Waals surface area contributed by atoms with Gasteiger partial charge in [0.15, 0.2) is 5.82 Å². The molecule has 2 aromatic rings. The van der Waals surface area contributed by atoms with Crippen molar-refractivity contribution in [1.82, 2.24) is 14.7 Å². The molecule has 1 fully saturated rings. The number of sulfonamides is 1. The number of aromatic nitrogens is 2. The fourth-order valence-corrected chi connectivity index (χ4v) is 4.26. The molecule has 0 radical (unpaired) electrons. The number of aromatic amines is 1. The molecule has 29 heavy (non-hydrogen) atoms. The molecule has 158 valence electrons. The SMILES string of the molecule is O=C(Nc1cc(F)nc(F)c1)c1[nH]cc(S(=O)(=O)NC2(C(F)(F)F)CCC2)c1F. The monoisotopic (exact) mass is 442 g/mol. The maximum Gasteiger partial charge on any atom is 0.407 e. The maximum absolute atomic E-state index is 14.5. The third kappa shape index (κ3) is 3.94. The molecule has 0 atom stereocenters. The van der Waals surface area contributed by atoms with Crippen LogP contribution in [0.15, 0.2) is 23.2 Å². The number of anilines is 1. The molecule has 1 aliphatic rings. The molecule has 0 aromatic carbocycles. The fourth-order valence-electron chi connectivity index (χ4n) is 2.76. The highest BCUT2D eigenvalue weighted by Crippen LogP contribution is 2.46. The van der Waals surface area contributed by atoms with Crippen molar-refractivity contribution in [1.29, 1.82) is 0 Å². The Hall–Kier alpha value is -2.61. The van der Waals surface area contributed by atoms with Crippen LogP contribution in [0, 0.1) is 17.7 Å². The minimum Gasteiger partial charge on any atom is -0.353 e.